The number of pyridine rings is 1. The van der Waals surface area contributed by atoms with Gasteiger partial charge in [-0.3, -0.25) is 0 Å². The van der Waals surface area contributed by atoms with Crippen molar-refractivity contribution in [2.75, 3.05) is 16.8 Å². The van der Waals surface area contributed by atoms with Crippen molar-refractivity contribution in [1.29, 1.82) is 0 Å². The molecule has 1 N–H and O–H groups in total. The molecule has 2 aromatic rings. The van der Waals surface area contributed by atoms with E-state index in [0.29, 0.717) is 18.0 Å². The van der Waals surface area contributed by atoms with Gasteiger partial charge in [-0.1, -0.05) is 0 Å². The number of sulfone groups is 1. The van der Waals surface area contributed by atoms with Crippen molar-refractivity contribution >= 4 is 21.4 Å². The minimum Gasteiger partial charge on any atom is -0.349 e. The number of hydrogen-bond acceptors (Lipinski definition) is 5. The third kappa shape index (κ3) is 2.67. The Kier molecular flexibility index (Phi) is 2.89. The largest absolute Gasteiger partial charge is 0.349 e. The molecule has 1 fully saturated rings. The number of nitrogens with one attached hydrogen (secondary N) is 1. The molecule has 0 amide bonds. The Labute approximate surface area is 109 Å². The summed E-state index contributed by atoms with van der Waals surface area (Å²) in [6.07, 6.45) is 2.64. The van der Waals surface area contributed by atoms with Gasteiger partial charge in [-0.2, -0.15) is 4.98 Å². The summed E-state index contributed by atoms with van der Waals surface area (Å²) in [5.41, 5.74) is 0.516. The van der Waals surface area contributed by atoms with E-state index in [1.165, 1.54) is 22.8 Å². The van der Waals surface area contributed by atoms with E-state index >= 15 is 0 Å². The molecule has 1 aliphatic rings. The van der Waals surface area contributed by atoms with Crippen LogP contribution in [0.25, 0.3) is 5.65 Å². The molecule has 1 aliphatic heterocycles. The Morgan fingerprint density at radius 1 is 1.42 bits per heavy atom. The first kappa shape index (κ1) is 12.3. The summed E-state index contributed by atoms with van der Waals surface area (Å²) in [6, 6.07) is 2.64. The molecular formula is C11H13FN4O2S. The maximum atomic E-state index is 13.0. The minimum absolute atomic E-state index is 0.0942. The highest BCUT2D eigenvalue weighted by molar-refractivity contribution is 7.91. The third-order valence-corrected chi connectivity index (χ3v) is 4.91. The van der Waals surface area contributed by atoms with Crippen LogP contribution in [0.15, 0.2) is 18.3 Å². The molecule has 3 heterocycles. The normalized spacial score (nSPS) is 22.5. The lowest BCUT2D eigenvalue weighted by Gasteiger charge is -2.22. The van der Waals surface area contributed by atoms with Gasteiger partial charge >= 0.3 is 0 Å². The first-order valence-electron chi connectivity index (χ1n) is 6.01. The summed E-state index contributed by atoms with van der Waals surface area (Å²) in [5, 5.41) is 7.08. The predicted molar refractivity (Wildman–Crippen MR) is 68.2 cm³/mol. The average Bonchev–Trinajstić information content (AvgIpc) is 2.68. The molecule has 1 saturated heterocycles. The predicted octanol–water partition coefficient (Wildman–Crippen LogP) is 0.857. The highest BCUT2D eigenvalue weighted by Crippen LogP contribution is 2.16. The summed E-state index contributed by atoms with van der Waals surface area (Å²) >= 11 is 0. The Morgan fingerprint density at radius 3 is 3.05 bits per heavy atom. The molecule has 0 saturated carbocycles. The van der Waals surface area contributed by atoms with Crippen LogP contribution < -0.4 is 5.32 Å². The fraction of sp³-hybridized carbons (Fsp3) is 0.455. The Hall–Kier alpha value is -1.70. The third-order valence-electron chi connectivity index (χ3n) is 3.09. The second-order valence-corrected chi connectivity index (χ2v) is 6.91. The van der Waals surface area contributed by atoms with Gasteiger partial charge in [-0.05, 0) is 25.0 Å². The molecule has 0 spiro atoms. The first-order chi connectivity index (χ1) is 9.02. The van der Waals surface area contributed by atoms with E-state index in [4.69, 9.17) is 0 Å². The van der Waals surface area contributed by atoms with Crippen molar-refractivity contribution in [2.45, 2.75) is 18.9 Å². The van der Waals surface area contributed by atoms with Gasteiger partial charge in [-0.25, -0.2) is 17.3 Å². The fourth-order valence-electron chi connectivity index (χ4n) is 2.24. The molecule has 0 aromatic carbocycles. The Bertz CT molecular complexity index is 713. The molecule has 1 atom stereocenters. The zero-order valence-electron chi connectivity index (χ0n) is 10.1. The maximum Gasteiger partial charge on any atom is 0.243 e. The number of rotatable bonds is 2. The summed E-state index contributed by atoms with van der Waals surface area (Å²) in [7, 11) is -2.97. The number of hydrogen-bond donors (Lipinski definition) is 1. The summed E-state index contributed by atoms with van der Waals surface area (Å²) < 4.78 is 37.4. The molecule has 0 radical (unpaired) electrons. The van der Waals surface area contributed by atoms with Crippen LogP contribution in [0.5, 0.6) is 0 Å². The highest BCUT2D eigenvalue weighted by atomic mass is 32.2. The lowest BCUT2D eigenvalue weighted by molar-refractivity contribution is 0.561. The second kappa shape index (κ2) is 4.44. The van der Waals surface area contributed by atoms with Crippen LogP contribution in [-0.4, -0.2) is 40.6 Å². The van der Waals surface area contributed by atoms with E-state index < -0.39 is 15.7 Å². The molecule has 0 aliphatic carbocycles. The molecule has 6 nitrogen and oxygen atoms in total. The standard InChI is InChI=1S/C11H13FN4O2S/c12-8-3-4-10-14-11(15-16(10)6-8)13-9-2-1-5-19(17,18)7-9/h3-4,6,9H,1-2,5,7H2,(H,13,15). The summed E-state index contributed by atoms with van der Waals surface area (Å²) in [4.78, 5) is 4.17. The van der Waals surface area contributed by atoms with Crippen molar-refractivity contribution in [3.63, 3.8) is 0 Å². The number of halogens is 1. The van der Waals surface area contributed by atoms with Gasteiger partial charge in [0.2, 0.25) is 5.95 Å². The van der Waals surface area contributed by atoms with Crippen LogP contribution in [0, 0.1) is 5.82 Å². The van der Waals surface area contributed by atoms with Crippen LogP contribution in [-0.2, 0) is 9.84 Å². The van der Waals surface area contributed by atoms with Gasteiger partial charge in [0.05, 0.1) is 17.7 Å². The second-order valence-electron chi connectivity index (χ2n) is 4.68. The summed E-state index contributed by atoms with van der Waals surface area (Å²) in [5.74, 6) is 0.267. The Balaban J connectivity index is 1.81. The number of fused-ring (bicyclic) bond motifs is 1. The van der Waals surface area contributed by atoms with Crippen LogP contribution in [0.4, 0.5) is 10.3 Å². The zero-order chi connectivity index (χ0) is 13.5. The van der Waals surface area contributed by atoms with Crippen molar-refractivity contribution in [1.82, 2.24) is 14.6 Å². The Morgan fingerprint density at radius 2 is 2.26 bits per heavy atom. The highest BCUT2D eigenvalue weighted by Gasteiger charge is 2.25. The van der Waals surface area contributed by atoms with Crippen molar-refractivity contribution in [3.05, 3.63) is 24.1 Å². The van der Waals surface area contributed by atoms with Crippen molar-refractivity contribution < 1.29 is 12.8 Å². The lowest BCUT2D eigenvalue weighted by atomic mass is 10.2. The number of nitrogens with zero attached hydrogens (tertiary/aromatic N) is 3. The van der Waals surface area contributed by atoms with E-state index in [0.717, 1.165) is 6.42 Å². The molecule has 3 rings (SSSR count). The van der Waals surface area contributed by atoms with Gasteiger partial charge < -0.3 is 5.32 Å². The van der Waals surface area contributed by atoms with Crippen molar-refractivity contribution in [3.8, 4) is 0 Å². The molecular weight excluding hydrogens is 271 g/mol. The monoisotopic (exact) mass is 284 g/mol. The van der Waals surface area contributed by atoms with Gasteiger partial charge in [0, 0.05) is 6.04 Å². The quantitative estimate of drug-likeness (QED) is 0.885. The molecule has 102 valence electrons. The zero-order valence-corrected chi connectivity index (χ0v) is 10.9. The lowest BCUT2D eigenvalue weighted by Crippen LogP contribution is -2.35. The maximum absolute atomic E-state index is 13.0. The average molecular weight is 284 g/mol. The van der Waals surface area contributed by atoms with Crippen LogP contribution in [0.2, 0.25) is 0 Å². The van der Waals surface area contributed by atoms with E-state index in [1.54, 1.807) is 0 Å². The van der Waals surface area contributed by atoms with Gasteiger partial charge in [-0.15, -0.1) is 5.10 Å². The van der Waals surface area contributed by atoms with Gasteiger partial charge in [0.1, 0.15) is 5.82 Å². The minimum atomic E-state index is -2.97. The molecule has 1 unspecified atom stereocenters. The smallest absolute Gasteiger partial charge is 0.243 e. The van der Waals surface area contributed by atoms with Gasteiger partial charge in [0.15, 0.2) is 15.5 Å². The van der Waals surface area contributed by atoms with Crippen LogP contribution in [0.3, 0.4) is 0 Å². The number of anilines is 1. The van der Waals surface area contributed by atoms with Gasteiger partial charge in [0.25, 0.3) is 0 Å². The molecule has 2 aromatic heterocycles. The van der Waals surface area contributed by atoms with Crippen LogP contribution in [0.1, 0.15) is 12.8 Å². The molecule has 19 heavy (non-hydrogen) atoms. The fourth-order valence-corrected chi connectivity index (χ4v) is 3.87. The van der Waals surface area contributed by atoms with Crippen molar-refractivity contribution in [2.24, 2.45) is 0 Å². The topological polar surface area (TPSA) is 76.4 Å². The van der Waals surface area contributed by atoms with Crippen LogP contribution >= 0.6 is 0 Å². The van der Waals surface area contributed by atoms with E-state index in [9.17, 15) is 12.8 Å². The van der Waals surface area contributed by atoms with E-state index in [-0.39, 0.29) is 17.5 Å². The molecule has 8 heteroatoms. The SMILES string of the molecule is O=S1(=O)CCCC(Nc2nc3ccc(F)cn3n2)C1. The number of aromatic nitrogens is 3. The molecule has 0 bridgehead atoms. The first-order valence-corrected chi connectivity index (χ1v) is 7.83. The summed E-state index contributed by atoms with van der Waals surface area (Å²) in [6.45, 7) is 0. The van der Waals surface area contributed by atoms with E-state index in [2.05, 4.69) is 15.4 Å². The van der Waals surface area contributed by atoms with E-state index in [1.807, 2.05) is 0 Å².